The second-order valence-corrected chi connectivity index (χ2v) is 6.37. The van der Waals surface area contributed by atoms with E-state index >= 15 is 0 Å². The number of nitrogens with zero attached hydrogens (tertiary/aromatic N) is 2. The quantitative estimate of drug-likeness (QED) is 0.565. The molecule has 4 rings (SSSR count). The van der Waals surface area contributed by atoms with Crippen LogP contribution in [0.15, 0.2) is 77.6 Å². The predicted octanol–water partition coefficient (Wildman–Crippen LogP) is 4.39. The lowest BCUT2D eigenvalue weighted by molar-refractivity contribution is 0.0697. The minimum Gasteiger partial charge on any atom is -0.478 e. The topological polar surface area (TPSA) is 72.2 Å². The fraction of sp³-hybridized carbons (Fsp3) is 0. The number of carboxylic acids is 1. The molecule has 6 heteroatoms. The summed E-state index contributed by atoms with van der Waals surface area (Å²) in [6, 6.07) is 19.0. The number of rotatable bonds is 4. The molecule has 29 heavy (non-hydrogen) atoms. The Bertz CT molecular complexity index is 1310. The molecule has 1 aromatic heterocycles. The van der Waals surface area contributed by atoms with Crippen LogP contribution in [0.1, 0.15) is 21.7 Å². The van der Waals surface area contributed by atoms with Gasteiger partial charge < -0.3 is 5.11 Å². The van der Waals surface area contributed by atoms with Gasteiger partial charge in [0.15, 0.2) is 0 Å². The molecule has 5 nitrogen and oxygen atoms in total. The highest BCUT2D eigenvalue weighted by Gasteiger charge is 2.12. The van der Waals surface area contributed by atoms with E-state index in [1.807, 2.05) is 0 Å². The first-order valence-electron chi connectivity index (χ1n) is 8.82. The van der Waals surface area contributed by atoms with Crippen LogP contribution in [0, 0.1) is 5.82 Å². The van der Waals surface area contributed by atoms with E-state index in [1.54, 1.807) is 60.7 Å². The summed E-state index contributed by atoms with van der Waals surface area (Å²) in [6.45, 7) is 0. The van der Waals surface area contributed by atoms with Gasteiger partial charge in [0.2, 0.25) is 0 Å². The standard InChI is InChI=1S/C23H15FN2O3/c24-17-5-3-4-15(14-17)8-13-21-25-20-7-2-1-6-19(20)22(27)26(21)18-11-9-16(10-12-18)23(28)29/h1-14H,(H,28,29). The van der Waals surface area contributed by atoms with Crippen molar-refractivity contribution >= 4 is 29.0 Å². The molecule has 142 valence electrons. The highest BCUT2D eigenvalue weighted by molar-refractivity contribution is 5.88. The zero-order valence-corrected chi connectivity index (χ0v) is 15.1. The molecule has 1 N–H and O–H groups in total. The van der Waals surface area contributed by atoms with E-state index in [2.05, 4.69) is 4.98 Å². The Hall–Kier alpha value is -4.06. The normalized spacial score (nSPS) is 11.2. The Morgan fingerprint density at radius 3 is 2.45 bits per heavy atom. The van der Waals surface area contributed by atoms with Gasteiger partial charge in [-0.1, -0.05) is 30.3 Å². The maximum Gasteiger partial charge on any atom is 0.335 e. The van der Waals surface area contributed by atoms with Gasteiger partial charge in [-0.15, -0.1) is 0 Å². The van der Waals surface area contributed by atoms with Crippen LogP contribution in [0.3, 0.4) is 0 Å². The van der Waals surface area contributed by atoms with Crippen LogP contribution in [0.4, 0.5) is 4.39 Å². The van der Waals surface area contributed by atoms with Crippen molar-refractivity contribution in [1.82, 2.24) is 9.55 Å². The highest BCUT2D eigenvalue weighted by atomic mass is 19.1. The summed E-state index contributed by atoms with van der Waals surface area (Å²) in [7, 11) is 0. The molecule has 0 unspecified atom stereocenters. The number of carboxylic acid groups (broad SMARTS) is 1. The molecule has 0 aliphatic carbocycles. The predicted molar refractivity (Wildman–Crippen MR) is 110 cm³/mol. The highest BCUT2D eigenvalue weighted by Crippen LogP contribution is 2.16. The van der Waals surface area contributed by atoms with E-state index in [9.17, 15) is 14.0 Å². The van der Waals surface area contributed by atoms with Gasteiger partial charge in [-0.05, 0) is 60.2 Å². The molecule has 0 saturated heterocycles. The second kappa shape index (κ2) is 7.52. The largest absolute Gasteiger partial charge is 0.478 e. The van der Waals surface area contributed by atoms with Crippen LogP contribution in [0.5, 0.6) is 0 Å². The summed E-state index contributed by atoms with van der Waals surface area (Å²) in [5, 5.41) is 9.55. The van der Waals surface area contributed by atoms with E-state index in [0.717, 1.165) is 0 Å². The van der Waals surface area contributed by atoms with E-state index < -0.39 is 5.97 Å². The van der Waals surface area contributed by atoms with Gasteiger partial charge in [-0.3, -0.25) is 9.36 Å². The maximum absolute atomic E-state index is 13.5. The molecular formula is C23H15FN2O3. The van der Waals surface area contributed by atoms with Crippen LogP contribution in [-0.2, 0) is 0 Å². The van der Waals surface area contributed by atoms with E-state index in [4.69, 9.17) is 5.11 Å². The third kappa shape index (κ3) is 3.68. The molecule has 0 atom stereocenters. The van der Waals surface area contributed by atoms with Crippen molar-refractivity contribution in [3.63, 3.8) is 0 Å². The summed E-state index contributed by atoms with van der Waals surface area (Å²) >= 11 is 0. The third-order valence-electron chi connectivity index (χ3n) is 4.45. The monoisotopic (exact) mass is 386 g/mol. The van der Waals surface area contributed by atoms with Gasteiger partial charge in [0.05, 0.1) is 22.2 Å². The van der Waals surface area contributed by atoms with E-state index in [1.165, 1.54) is 28.8 Å². The van der Waals surface area contributed by atoms with Gasteiger partial charge in [-0.2, -0.15) is 0 Å². The Morgan fingerprint density at radius 2 is 1.72 bits per heavy atom. The summed E-state index contributed by atoms with van der Waals surface area (Å²) in [6.07, 6.45) is 3.30. The number of para-hydroxylation sites is 1. The average Bonchev–Trinajstić information content (AvgIpc) is 2.72. The zero-order chi connectivity index (χ0) is 20.4. The van der Waals surface area contributed by atoms with E-state index in [-0.39, 0.29) is 16.9 Å². The molecule has 0 bridgehead atoms. The summed E-state index contributed by atoms with van der Waals surface area (Å²) in [5.74, 6) is -1.06. The molecule has 0 saturated carbocycles. The fourth-order valence-electron chi connectivity index (χ4n) is 3.05. The van der Waals surface area contributed by atoms with Gasteiger partial charge >= 0.3 is 5.97 Å². The molecule has 0 spiro atoms. The number of hydrogen-bond donors (Lipinski definition) is 1. The number of benzene rings is 3. The van der Waals surface area contributed by atoms with Crippen LogP contribution >= 0.6 is 0 Å². The smallest absolute Gasteiger partial charge is 0.335 e. The first-order valence-corrected chi connectivity index (χ1v) is 8.82. The Kier molecular flexibility index (Phi) is 4.75. The maximum atomic E-state index is 13.5. The molecule has 0 radical (unpaired) electrons. The first kappa shape index (κ1) is 18.3. The van der Waals surface area contributed by atoms with Crippen molar-refractivity contribution in [2.24, 2.45) is 0 Å². The average molecular weight is 386 g/mol. The molecular weight excluding hydrogens is 371 g/mol. The van der Waals surface area contributed by atoms with Gasteiger partial charge in [-0.25, -0.2) is 14.2 Å². The lowest BCUT2D eigenvalue weighted by atomic mass is 10.1. The molecule has 0 fully saturated rings. The number of fused-ring (bicyclic) bond motifs is 1. The van der Waals surface area contributed by atoms with Crippen molar-refractivity contribution in [3.05, 3.63) is 106 Å². The summed E-state index contributed by atoms with van der Waals surface area (Å²) in [5.41, 5.74) is 1.48. The van der Waals surface area contributed by atoms with Crippen LogP contribution < -0.4 is 5.56 Å². The lowest BCUT2D eigenvalue weighted by Crippen LogP contribution is -2.22. The summed E-state index contributed by atoms with van der Waals surface area (Å²) < 4.78 is 14.9. The minimum atomic E-state index is -1.05. The number of halogens is 1. The van der Waals surface area contributed by atoms with E-state index in [0.29, 0.717) is 28.0 Å². The number of carbonyl (C=O) groups is 1. The van der Waals surface area contributed by atoms with Crippen molar-refractivity contribution < 1.29 is 14.3 Å². The Morgan fingerprint density at radius 1 is 0.966 bits per heavy atom. The van der Waals surface area contributed by atoms with Crippen molar-refractivity contribution in [1.29, 1.82) is 0 Å². The Labute approximate surface area is 165 Å². The molecule has 0 aliphatic heterocycles. The first-order chi connectivity index (χ1) is 14.0. The van der Waals surface area contributed by atoms with Gasteiger partial charge in [0.1, 0.15) is 11.6 Å². The number of aromatic nitrogens is 2. The molecule has 1 heterocycles. The second-order valence-electron chi connectivity index (χ2n) is 6.37. The summed E-state index contributed by atoms with van der Waals surface area (Å²) in [4.78, 5) is 28.8. The lowest BCUT2D eigenvalue weighted by Gasteiger charge is -2.11. The van der Waals surface area contributed by atoms with Crippen LogP contribution in [-0.4, -0.2) is 20.6 Å². The number of hydrogen-bond acceptors (Lipinski definition) is 3. The van der Waals surface area contributed by atoms with Crippen LogP contribution in [0.2, 0.25) is 0 Å². The molecule has 0 amide bonds. The third-order valence-corrected chi connectivity index (χ3v) is 4.45. The molecule has 3 aromatic carbocycles. The van der Waals surface area contributed by atoms with Crippen LogP contribution in [0.25, 0.3) is 28.7 Å². The SMILES string of the molecule is O=C(O)c1ccc(-n2c(C=Cc3cccc(F)c3)nc3ccccc3c2=O)cc1. The van der Waals surface area contributed by atoms with Crippen molar-refractivity contribution in [2.45, 2.75) is 0 Å². The minimum absolute atomic E-state index is 0.118. The van der Waals surface area contributed by atoms with Crippen molar-refractivity contribution in [3.8, 4) is 5.69 Å². The van der Waals surface area contributed by atoms with Gasteiger partial charge in [0.25, 0.3) is 5.56 Å². The fourth-order valence-corrected chi connectivity index (χ4v) is 3.05. The molecule has 0 aliphatic rings. The van der Waals surface area contributed by atoms with Crippen molar-refractivity contribution in [2.75, 3.05) is 0 Å². The van der Waals surface area contributed by atoms with Gasteiger partial charge in [0, 0.05) is 0 Å². The zero-order valence-electron chi connectivity index (χ0n) is 15.1. The molecule has 4 aromatic rings. The number of aromatic carboxylic acids is 1. The Balaban J connectivity index is 1.91.